The maximum absolute atomic E-state index is 12.3. The molecule has 0 bridgehead atoms. The number of amides is 1. The van der Waals surface area contributed by atoms with Gasteiger partial charge in [0.15, 0.2) is 0 Å². The largest absolute Gasteiger partial charge is 0.326 e. The van der Waals surface area contributed by atoms with Crippen molar-refractivity contribution in [3.8, 4) is 0 Å². The second-order valence-corrected chi connectivity index (χ2v) is 5.33. The summed E-state index contributed by atoms with van der Waals surface area (Å²) >= 11 is 0. The maximum Gasteiger partial charge on any atom is 0.252 e. The molecule has 0 aliphatic carbocycles. The van der Waals surface area contributed by atoms with Gasteiger partial charge < -0.3 is 5.32 Å². The highest BCUT2D eigenvalue weighted by atomic mass is 16.1. The Labute approximate surface area is 128 Å². The SMILES string of the molecule is Cc1cccc(NC(=O)Cc2c(C)nc3ncnn3c2C)c1. The molecule has 0 fully saturated rings. The minimum absolute atomic E-state index is 0.0712. The predicted octanol–water partition coefficient (Wildman–Crippen LogP) is 2.23. The lowest BCUT2D eigenvalue weighted by molar-refractivity contribution is -0.115. The van der Waals surface area contributed by atoms with E-state index >= 15 is 0 Å². The Hall–Kier alpha value is -2.76. The fourth-order valence-electron chi connectivity index (χ4n) is 2.50. The predicted molar refractivity (Wildman–Crippen MR) is 83.8 cm³/mol. The van der Waals surface area contributed by atoms with Crippen LogP contribution >= 0.6 is 0 Å². The van der Waals surface area contributed by atoms with Gasteiger partial charge in [0.25, 0.3) is 5.78 Å². The van der Waals surface area contributed by atoms with Crippen LogP contribution in [-0.4, -0.2) is 25.5 Å². The smallest absolute Gasteiger partial charge is 0.252 e. The van der Waals surface area contributed by atoms with Crippen molar-refractivity contribution in [2.24, 2.45) is 0 Å². The van der Waals surface area contributed by atoms with Crippen molar-refractivity contribution >= 4 is 17.4 Å². The molecule has 0 unspecified atom stereocenters. The summed E-state index contributed by atoms with van der Waals surface area (Å²) in [6.45, 7) is 5.80. The van der Waals surface area contributed by atoms with Crippen LogP contribution in [0.1, 0.15) is 22.5 Å². The molecule has 6 heteroatoms. The second-order valence-electron chi connectivity index (χ2n) is 5.33. The Morgan fingerprint density at radius 1 is 1.27 bits per heavy atom. The number of aryl methyl sites for hydroxylation is 3. The average molecular weight is 295 g/mol. The summed E-state index contributed by atoms with van der Waals surface area (Å²) in [5.41, 5.74) is 4.48. The van der Waals surface area contributed by atoms with Crippen LogP contribution < -0.4 is 5.32 Å². The van der Waals surface area contributed by atoms with E-state index < -0.39 is 0 Å². The lowest BCUT2D eigenvalue weighted by Crippen LogP contribution is -2.17. The quantitative estimate of drug-likeness (QED) is 0.804. The summed E-state index contributed by atoms with van der Waals surface area (Å²) in [6.07, 6.45) is 1.72. The Morgan fingerprint density at radius 2 is 2.09 bits per heavy atom. The first kappa shape index (κ1) is 14.2. The highest BCUT2D eigenvalue weighted by Crippen LogP contribution is 2.15. The molecular weight excluding hydrogens is 278 g/mol. The number of carbonyl (C=O) groups is 1. The molecule has 0 saturated heterocycles. The number of hydrogen-bond donors (Lipinski definition) is 1. The Bertz CT molecular complexity index is 853. The first-order chi connectivity index (χ1) is 10.5. The van der Waals surface area contributed by atoms with E-state index in [1.807, 2.05) is 45.0 Å². The third kappa shape index (κ3) is 2.67. The van der Waals surface area contributed by atoms with E-state index in [0.717, 1.165) is 28.2 Å². The minimum Gasteiger partial charge on any atom is -0.326 e. The first-order valence-corrected chi connectivity index (χ1v) is 7.07. The number of nitrogens with zero attached hydrogens (tertiary/aromatic N) is 4. The molecule has 0 atom stereocenters. The van der Waals surface area contributed by atoms with Gasteiger partial charge in [0.1, 0.15) is 6.33 Å². The standard InChI is InChI=1S/C16H17N5O/c1-10-5-4-6-13(7-10)20-15(22)8-14-11(2)19-16-17-9-18-21(16)12(14)3/h4-7,9H,8H2,1-3H3,(H,20,22). The van der Waals surface area contributed by atoms with Gasteiger partial charge in [0.05, 0.1) is 6.42 Å². The molecule has 2 heterocycles. The van der Waals surface area contributed by atoms with E-state index in [9.17, 15) is 4.79 Å². The zero-order chi connectivity index (χ0) is 15.7. The molecular formula is C16H17N5O. The zero-order valence-corrected chi connectivity index (χ0v) is 12.8. The lowest BCUT2D eigenvalue weighted by Gasteiger charge is -2.11. The third-order valence-corrected chi connectivity index (χ3v) is 3.63. The summed E-state index contributed by atoms with van der Waals surface area (Å²) in [4.78, 5) is 20.7. The van der Waals surface area contributed by atoms with Gasteiger partial charge in [-0.1, -0.05) is 12.1 Å². The van der Waals surface area contributed by atoms with Gasteiger partial charge in [-0.3, -0.25) is 4.79 Å². The Kier molecular flexibility index (Phi) is 3.58. The summed E-state index contributed by atoms with van der Waals surface area (Å²) in [6, 6.07) is 7.73. The van der Waals surface area contributed by atoms with Crippen molar-refractivity contribution in [2.75, 3.05) is 5.32 Å². The Balaban J connectivity index is 1.85. The summed E-state index contributed by atoms with van der Waals surface area (Å²) in [5, 5.41) is 7.05. The van der Waals surface area contributed by atoms with Crippen LogP contribution in [0.25, 0.3) is 5.78 Å². The van der Waals surface area contributed by atoms with Crippen LogP contribution in [0.5, 0.6) is 0 Å². The van der Waals surface area contributed by atoms with Crippen molar-refractivity contribution in [1.82, 2.24) is 19.6 Å². The van der Waals surface area contributed by atoms with E-state index in [0.29, 0.717) is 5.78 Å². The normalized spacial score (nSPS) is 10.9. The number of carbonyl (C=O) groups excluding carboxylic acids is 1. The number of anilines is 1. The van der Waals surface area contributed by atoms with Crippen LogP contribution in [0.3, 0.4) is 0 Å². The number of fused-ring (bicyclic) bond motifs is 1. The van der Waals surface area contributed by atoms with Crippen LogP contribution in [0.2, 0.25) is 0 Å². The number of benzene rings is 1. The topological polar surface area (TPSA) is 72.2 Å². The fourth-order valence-corrected chi connectivity index (χ4v) is 2.50. The second kappa shape index (κ2) is 5.55. The molecule has 0 aliphatic heterocycles. The van der Waals surface area contributed by atoms with Gasteiger partial charge in [0.2, 0.25) is 5.91 Å². The van der Waals surface area contributed by atoms with Crippen LogP contribution in [0.4, 0.5) is 5.69 Å². The molecule has 0 spiro atoms. The highest BCUT2D eigenvalue weighted by Gasteiger charge is 2.14. The van der Waals surface area contributed by atoms with E-state index in [4.69, 9.17) is 0 Å². The number of hydrogen-bond acceptors (Lipinski definition) is 4. The highest BCUT2D eigenvalue weighted by molar-refractivity contribution is 5.92. The molecule has 3 rings (SSSR count). The number of aromatic nitrogens is 4. The van der Waals surface area contributed by atoms with Gasteiger partial charge in [-0.2, -0.15) is 10.1 Å². The molecule has 1 N–H and O–H groups in total. The van der Waals surface area contributed by atoms with E-state index in [1.54, 1.807) is 4.52 Å². The number of rotatable bonds is 3. The molecule has 6 nitrogen and oxygen atoms in total. The van der Waals surface area contributed by atoms with Crippen LogP contribution in [-0.2, 0) is 11.2 Å². The van der Waals surface area contributed by atoms with Crippen molar-refractivity contribution in [3.63, 3.8) is 0 Å². The molecule has 1 aromatic carbocycles. The van der Waals surface area contributed by atoms with E-state index in [1.165, 1.54) is 6.33 Å². The van der Waals surface area contributed by atoms with Crippen molar-refractivity contribution in [2.45, 2.75) is 27.2 Å². The summed E-state index contributed by atoms with van der Waals surface area (Å²) < 4.78 is 1.66. The molecule has 0 radical (unpaired) electrons. The Morgan fingerprint density at radius 3 is 2.86 bits per heavy atom. The van der Waals surface area contributed by atoms with E-state index in [-0.39, 0.29) is 12.3 Å². The van der Waals surface area contributed by atoms with Crippen molar-refractivity contribution < 1.29 is 4.79 Å². The van der Waals surface area contributed by atoms with Crippen molar-refractivity contribution in [1.29, 1.82) is 0 Å². The lowest BCUT2D eigenvalue weighted by atomic mass is 10.1. The molecule has 3 aromatic rings. The van der Waals surface area contributed by atoms with Gasteiger partial charge in [-0.15, -0.1) is 0 Å². The molecule has 0 saturated carbocycles. The number of nitrogens with one attached hydrogen (secondary N) is 1. The minimum atomic E-state index is -0.0712. The van der Waals surface area contributed by atoms with Crippen LogP contribution in [0.15, 0.2) is 30.6 Å². The average Bonchev–Trinajstić information content (AvgIpc) is 2.91. The van der Waals surface area contributed by atoms with Crippen molar-refractivity contribution in [3.05, 3.63) is 53.1 Å². The van der Waals surface area contributed by atoms with Gasteiger partial charge >= 0.3 is 0 Å². The molecule has 0 aliphatic rings. The first-order valence-electron chi connectivity index (χ1n) is 7.07. The van der Waals surface area contributed by atoms with Gasteiger partial charge in [0, 0.05) is 22.6 Å². The maximum atomic E-state index is 12.3. The molecule has 1 amide bonds. The van der Waals surface area contributed by atoms with E-state index in [2.05, 4.69) is 20.4 Å². The van der Waals surface area contributed by atoms with Gasteiger partial charge in [-0.25, -0.2) is 9.50 Å². The molecule has 112 valence electrons. The van der Waals surface area contributed by atoms with Gasteiger partial charge in [-0.05, 0) is 38.5 Å². The summed E-state index contributed by atoms with van der Waals surface area (Å²) in [7, 11) is 0. The van der Waals surface area contributed by atoms with Crippen LogP contribution in [0, 0.1) is 20.8 Å². The monoisotopic (exact) mass is 295 g/mol. The third-order valence-electron chi connectivity index (χ3n) is 3.63. The molecule has 2 aromatic heterocycles. The molecule has 22 heavy (non-hydrogen) atoms. The summed E-state index contributed by atoms with van der Waals surface area (Å²) in [5.74, 6) is 0.482. The fraction of sp³-hybridized carbons (Fsp3) is 0.250. The zero-order valence-electron chi connectivity index (χ0n) is 12.8.